The highest BCUT2D eigenvalue weighted by Crippen LogP contribution is 2.47. The summed E-state index contributed by atoms with van der Waals surface area (Å²) in [7, 11) is -3.65. The first-order valence-corrected chi connectivity index (χ1v) is 11.1. The van der Waals surface area contributed by atoms with Crippen LogP contribution in [0.2, 0.25) is 0 Å². The van der Waals surface area contributed by atoms with E-state index in [9.17, 15) is 13.7 Å². The zero-order chi connectivity index (χ0) is 19.4. The Hall–Kier alpha value is -2.22. The van der Waals surface area contributed by atoms with E-state index in [0.29, 0.717) is 19.6 Å². The quantitative estimate of drug-likeness (QED) is 0.755. The molecule has 1 N–H and O–H groups in total. The van der Waals surface area contributed by atoms with Crippen LogP contribution in [-0.2, 0) is 10.2 Å². The average Bonchev–Trinajstić information content (AvgIpc) is 3.21. The van der Waals surface area contributed by atoms with Gasteiger partial charge in [-0.05, 0) is 31.7 Å². The summed E-state index contributed by atoms with van der Waals surface area (Å²) >= 11 is 0. The van der Waals surface area contributed by atoms with Crippen LogP contribution in [0.3, 0.4) is 0 Å². The van der Waals surface area contributed by atoms with Gasteiger partial charge < -0.3 is 9.88 Å². The molecule has 2 saturated carbocycles. The van der Waals surface area contributed by atoms with Crippen LogP contribution < -0.4 is 4.90 Å². The number of hydrogen-bond acceptors (Lipinski definition) is 6. The molecule has 3 fully saturated rings. The first-order chi connectivity index (χ1) is 13.5. The summed E-state index contributed by atoms with van der Waals surface area (Å²) in [6.45, 7) is 1.53. The maximum absolute atomic E-state index is 13.4. The predicted molar refractivity (Wildman–Crippen MR) is 104 cm³/mol. The number of aromatic amines is 1. The highest BCUT2D eigenvalue weighted by atomic mass is 32.2. The summed E-state index contributed by atoms with van der Waals surface area (Å²) in [4.78, 5) is 14.0. The van der Waals surface area contributed by atoms with Crippen LogP contribution in [0.25, 0.3) is 11.0 Å². The summed E-state index contributed by atoms with van der Waals surface area (Å²) in [5, 5.41) is 10.1. The van der Waals surface area contributed by atoms with Crippen molar-refractivity contribution in [3.05, 3.63) is 18.6 Å². The maximum Gasteiger partial charge on any atom is 0.283 e. The van der Waals surface area contributed by atoms with Crippen molar-refractivity contribution in [3.63, 3.8) is 0 Å². The second-order valence-corrected chi connectivity index (χ2v) is 9.76. The first kappa shape index (κ1) is 17.8. The van der Waals surface area contributed by atoms with Gasteiger partial charge in [0.25, 0.3) is 10.2 Å². The maximum atomic E-state index is 13.4. The minimum atomic E-state index is -3.65. The average molecular weight is 401 g/mol. The third-order valence-corrected chi connectivity index (χ3v) is 8.48. The van der Waals surface area contributed by atoms with E-state index < -0.39 is 10.2 Å². The van der Waals surface area contributed by atoms with Crippen molar-refractivity contribution >= 4 is 27.1 Å². The fraction of sp³-hybridized carbons (Fsp3) is 0.611. The molecule has 148 valence electrons. The highest BCUT2D eigenvalue weighted by molar-refractivity contribution is 7.86. The summed E-state index contributed by atoms with van der Waals surface area (Å²) in [5.74, 6) is 0.849. The largest absolute Gasteiger partial charge is 0.353 e. The molecule has 0 atom stereocenters. The minimum Gasteiger partial charge on any atom is -0.353 e. The summed E-state index contributed by atoms with van der Waals surface area (Å²) in [5.41, 5.74) is 0.400. The molecule has 2 aliphatic carbocycles. The fourth-order valence-corrected chi connectivity index (χ4v) is 6.54. The van der Waals surface area contributed by atoms with Gasteiger partial charge in [-0.15, -0.1) is 0 Å². The van der Waals surface area contributed by atoms with Crippen molar-refractivity contribution in [3.8, 4) is 6.07 Å². The number of nitriles is 1. The molecular weight excluding hydrogens is 378 g/mol. The number of aromatic nitrogens is 3. The third-order valence-electron chi connectivity index (χ3n) is 6.33. The van der Waals surface area contributed by atoms with Gasteiger partial charge in [-0.2, -0.15) is 22.3 Å². The lowest BCUT2D eigenvalue weighted by Crippen LogP contribution is -2.62. The van der Waals surface area contributed by atoms with Crippen molar-refractivity contribution < 1.29 is 8.42 Å². The van der Waals surface area contributed by atoms with Crippen molar-refractivity contribution in [1.29, 1.82) is 5.26 Å². The summed E-state index contributed by atoms with van der Waals surface area (Å²) in [6, 6.07) is 3.98. The standard InChI is InChI=1S/C18H23N7O2S/c19-7-9-24(14-2-1-3-14)28(26,27)25-11-10-23(12-18(25)5-6-18)17-15-4-8-20-16(15)21-13-22-17/h4,8,13-14H,1-3,5-6,9-12H2,(H,20,21,22). The van der Waals surface area contributed by atoms with E-state index in [1.54, 1.807) is 10.6 Å². The molecule has 3 aliphatic rings. The summed E-state index contributed by atoms with van der Waals surface area (Å²) in [6.07, 6.45) is 7.79. The number of nitrogens with one attached hydrogen (secondary N) is 1. The van der Waals surface area contributed by atoms with Crippen LogP contribution in [0.15, 0.2) is 18.6 Å². The van der Waals surface area contributed by atoms with Gasteiger partial charge in [0, 0.05) is 31.9 Å². The van der Waals surface area contributed by atoms with E-state index in [0.717, 1.165) is 49.0 Å². The lowest BCUT2D eigenvalue weighted by molar-refractivity contribution is 0.195. The van der Waals surface area contributed by atoms with E-state index in [4.69, 9.17) is 0 Å². The van der Waals surface area contributed by atoms with Gasteiger partial charge in [-0.25, -0.2) is 9.97 Å². The number of fused-ring (bicyclic) bond motifs is 1. The van der Waals surface area contributed by atoms with Crippen LogP contribution in [-0.4, -0.2) is 69.7 Å². The van der Waals surface area contributed by atoms with Crippen LogP contribution in [0.4, 0.5) is 5.82 Å². The van der Waals surface area contributed by atoms with Gasteiger partial charge in [0.2, 0.25) is 0 Å². The van der Waals surface area contributed by atoms with Gasteiger partial charge in [0.1, 0.15) is 24.3 Å². The molecule has 10 heteroatoms. The molecular formula is C18H23N7O2S. The van der Waals surface area contributed by atoms with E-state index in [-0.39, 0.29) is 18.1 Å². The second-order valence-electron chi connectivity index (χ2n) is 7.95. The Balaban J connectivity index is 1.42. The Morgan fingerprint density at radius 3 is 2.82 bits per heavy atom. The molecule has 5 rings (SSSR count). The Labute approximate surface area is 164 Å². The van der Waals surface area contributed by atoms with E-state index in [1.165, 1.54) is 4.31 Å². The molecule has 2 aromatic heterocycles. The van der Waals surface area contributed by atoms with Crippen molar-refractivity contribution in [2.45, 2.75) is 43.7 Å². The molecule has 0 amide bonds. The monoisotopic (exact) mass is 401 g/mol. The zero-order valence-corrected chi connectivity index (χ0v) is 16.4. The zero-order valence-electron chi connectivity index (χ0n) is 15.6. The smallest absolute Gasteiger partial charge is 0.283 e. The third kappa shape index (κ3) is 2.69. The Kier molecular flexibility index (Phi) is 4.08. The van der Waals surface area contributed by atoms with Gasteiger partial charge in [0.05, 0.1) is 17.0 Å². The van der Waals surface area contributed by atoms with E-state index in [1.807, 2.05) is 12.3 Å². The number of H-pyrrole nitrogens is 1. The van der Waals surface area contributed by atoms with E-state index >= 15 is 0 Å². The normalized spacial score (nSPS) is 22.5. The number of hydrogen-bond donors (Lipinski definition) is 1. The minimum absolute atomic E-state index is 0.0279. The second kappa shape index (κ2) is 6.40. The molecule has 0 bridgehead atoms. The fourth-order valence-electron chi connectivity index (χ4n) is 4.44. The highest BCUT2D eigenvalue weighted by Gasteiger charge is 2.57. The predicted octanol–water partition coefficient (Wildman–Crippen LogP) is 1.24. The first-order valence-electron chi connectivity index (χ1n) is 9.75. The molecule has 28 heavy (non-hydrogen) atoms. The molecule has 1 spiro atoms. The number of nitrogens with zero attached hydrogens (tertiary/aromatic N) is 6. The number of piperazine rings is 1. The molecule has 1 saturated heterocycles. The molecule has 9 nitrogen and oxygen atoms in total. The van der Waals surface area contributed by atoms with Gasteiger partial charge in [-0.1, -0.05) is 6.42 Å². The Bertz CT molecular complexity index is 1040. The van der Waals surface area contributed by atoms with Gasteiger partial charge in [-0.3, -0.25) is 0 Å². The molecule has 0 aromatic carbocycles. The lowest BCUT2D eigenvalue weighted by Gasteiger charge is -2.45. The molecule has 0 radical (unpaired) electrons. The van der Waals surface area contributed by atoms with E-state index in [2.05, 4.69) is 25.9 Å². The SMILES string of the molecule is N#CCN(C1CCC1)S(=O)(=O)N1CCN(c2ncnc3[nH]ccc23)CC12CC2. The van der Waals surface area contributed by atoms with Gasteiger partial charge >= 0.3 is 0 Å². The van der Waals surface area contributed by atoms with Crippen LogP contribution >= 0.6 is 0 Å². The number of rotatable bonds is 5. The molecule has 1 aliphatic heterocycles. The lowest BCUT2D eigenvalue weighted by atomic mass is 9.93. The van der Waals surface area contributed by atoms with Crippen molar-refractivity contribution in [2.24, 2.45) is 0 Å². The summed E-state index contributed by atoms with van der Waals surface area (Å²) < 4.78 is 30.0. The van der Waals surface area contributed by atoms with Crippen LogP contribution in [0.1, 0.15) is 32.1 Å². The van der Waals surface area contributed by atoms with Gasteiger partial charge in [0.15, 0.2) is 0 Å². The number of anilines is 1. The molecule has 0 unspecified atom stereocenters. The van der Waals surface area contributed by atoms with Crippen LogP contribution in [0, 0.1) is 11.3 Å². The Morgan fingerprint density at radius 1 is 1.32 bits per heavy atom. The topological polar surface area (TPSA) is 109 Å². The van der Waals surface area contributed by atoms with Crippen molar-refractivity contribution in [1.82, 2.24) is 23.6 Å². The van der Waals surface area contributed by atoms with Crippen molar-refractivity contribution in [2.75, 3.05) is 31.1 Å². The Morgan fingerprint density at radius 2 is 2.14 bits per heavy atom. The molecule has 2 aromatic rings. The van der Waals surface area contributed by atoms with Crippen LogP contribution in [0.5, 0.6) is 0 Å². The molecule has 3 heterocycles.